The number of pyridine rings is 1. The van der Waals surface area contributed by atoms with E-state index < -0.39 is 0 Å². The summed E-state index contributed by atoms with van der Waals surface area (Å²) in [4.78, 5) is 20.9. The minimum Gasteiger partial charge on any atom is -0.356 e. The maximum absolute atomic E-state index is 12.1. The number of anilines is 1. The fourth-order valence-corrected chi connectivity index (χ4v) is 4.30. The molecule has 0 radical (unpaired) electrons. The van der Waals surface area contributed by atoms with Crippen molar-refractivity contribution in [1.29, 1.82) is 0 Å². The molecule has 2 aliphatic heterocycles. The van der Waals surface area contributed by atoms with E-state index in [2.05, 4.69) is 34.1 Å². The highest BCUT2D eigenvalue weighted by atomic mass is 35.5. The predicted molar refractivity (Wildman–Crippen MR) is 95.0 cm³/mol. The fraction of sp³-hybridized carbons (Fsp3) is 0.368. The Morgan fingerprint density at radius 1 is 1.12 bits per heavy atom. The molecule has 2 saturated heterocycles. The lowest BCUT2D eigenvalue weighted by Gasteiger charge is -2.29. The number of likely N-dealkylation sites (tertiary alicyclic amines) is 1. The van der Waals surface area contributed by atoms with Crippen molar-refractivity contribution in [2.24, 2.45) is 11.8 Å². The summed E-state index contributed by atoms with van der Waals surface area (Å²) in [6.07, 6.45) is 1.70. The number of aromatic nitrogens is 1. The number of fused-ring (bicyclic) bond motifs is 1. The highest BCUT2D eigenvalue weighted by Crippen LogP contribution is 2.45. The second kappa shape index (κ2) is 6.10. The fourth-order valence-electron chi connectivity index (χ4n) is 4.19. The molecule has 1 aromatic carbocycles. The zero-order valence-electron chi connectivity index (χ0n) is 13.6. The maximum atomic E-state index is 12.1. The van der Waals surface area contributed by atoms with Crippen molar-refractivity contribution in [3.05, 3.63) is 59.2 Å². The van der Waals surface area contributed by atoms with Gasteiger partial charge in [0, 0.05) is 44.6 Å². The van der Waals surface area contributed by atoms with Crippen LogP contribution in [-0.2, 0) is 4.79 Å². The van der Waals surface area contributed by atoms with E-state index in [1.165, 1.54) is 5.56 Å². The molecule has 4 nitrogen and oxygen atoms in total. The molecule has 0 N–H and O–H groups in total. The van der Waals surface area contributed by atoms with E-state index in [0.29, 0.717) is 16.9 Å². The summed E-state index contributed by atoms with van der Waals surface area (Å²) in [6, 6.07) is 14.4. The van der Waals surface area contributed by atoms with Gasteiger partial charge in [-0.2, -0.15) is 0 Å². The van der Waals surface area contributed by atoms with Gasteiger partial charge in [0.05, 0.1) is 11.1 Å². The van der Waals surface area contributed by atoms with Crippen molar-refractivity contribution >= 4 is 23.3 Å². The zero-order chi connectivity index (χ0) is 16.7. The van der Waals surface area contributed by atoms with E-state index in [0.717, 1.165) is 25.5 Å². The van der Waals surface area contributed by atoms with Crippen LogP contribution in [0, 0.1) is 11.8 Å². The molecular formula is C19H20ClN3O. The van der Waals surface area contributed by atoms with Gasteiger partial charge >= 0.3 is 0 Å². The van der Waals surface area contributed by atoms with Crippen LogP contribution in [-0.4, -0.2) is 35.4 Å². The van der Waals surface area contributed by atoms with Crippen LogP contribution in [0.25, 0.3) is 0 Å². The number of rotatable bonds is 2. The Labute approximate surface area is 147 Å². The largest absolute Gasteiger partial charge is 0.356 e. The molecule has 0 saturated carbocycles. The van der Waals surface area contributed by atoms with Crippen LogP contribution in [0.5, 0.6) is 0 Å². The van der Waals surface area contributed by atoms with Crippen LogP contribution in [0.15, 0.2) is 48.7 Å². The normalized spacial score (nSPS) is 25.8. The van der Waals surface area contributed by atoms with E-state index in [1.54, 1.807) is 13.1 Å². The van der Waals surface area contributed by atoms with Gasteiger partial charge < -0.3 is 9.80 Å². The molecule has 124 valence electrons. The van der Waals surface area contributed by atoms with Gasteiger partial charge in [0.25, 0.3) is 0 Å². The summed E-state index contributed by atoms with van der Waals surface area (Å²) in [5.41, 5.74) is 1.23. The van der Waals surface area contributed by atoms with Crippen molar-refractivity contribution in [3.8, 4) is 0 Å². The second-order valence-electron chi connectivity index (χ2n) is 6.69. The summed E-state index contributed by atoms with van der Waals surface area (Å²) >= 11 is 5.95. The lowest BCUT2D eigenvalue weighted by Crippen LogP contribution is -2.34. The number of benzene rings is 1. The quantitative estimate of drug-likeness (QED) is 0.840. The molecule has 0 spiro atoms. The minimum atomic E-state index is 0.158. The molecule has 3 heterocycles. The summed E-state index contributed by atoms with van der Waals surface area (Å²) in [7, 11) is 0. The Hall–Kier alpha value is -2.07. The lowest BCUT2D eigenvalue weighted by atomic mass is 9.89. The standard InChI is InChI=1S/C19H20ClN3O/c1-13(24)23-11-15-10-22(18-8-7-16(20)9-21-18)12-17(15)19(23)14-5-3-2-4-6-14/h2-9,15,17,19H,10-12H2,1H3/t15-,17-,19-/m1/s1. The number of nitrogens with zero attached hydrogens (tertiary/aromatic N) is 3. The Balaban J connectivity index is 1.61. The van der Waals surface area contributed by atoms with Crippen molar-refractivity contribution < 1.29 is 4.79 Å². The van der Waals surface area contributed by atoms with Gasteiger partial charge in [0.1, 0.15) is 5.82 Å². The molecule has 1 amide bonds. The number of carbonyl (C=O) groups excluding carboxylic acids is 1. The average Bonchev–Trinajstić information content (AvgIpc) is 3.14. The minimum absolute atomic E-state index is 0.158. The van der Waals surface area contributed by atoms with E-state index in [-0.39, 0.29) is 11.9 Å². The Morgan fingerprint density at radius 2 is 1.92 bits per heavy atom. The molecule has 5 heteroatoms. The Morgan fingerprint density at radius 3 is 2.58 bits per heavy atom. The van der Waals surface area contributed by atoms with E-state index in [9.17, 15) is 4.79 Å². The first-order chi connectivity index (χ1) is 11.6. The molecular weight excluding hydrogens is 322 g/mol. The first-order valence-electron chi connectivity index (χ1n) is 8.32. The Kier molecular flexibility index (Phi) is 3.93. The molecule has 1 aromatic heterocycles. The van der Waals surface area contributed by atoms with Gasteiger partial charge in [0.2, 0.25) is 5.91 Å². The molecule has 0 bridgehead atoms. The van der Waals surface area contributed by atoms with Gasteiger partial charge in [-0.15, -0.1) is 0 Å². The van der Waals surface area contributed by atoms with Crippen molar-refractivity contribution in [2.45, 2.75) is 13.0 Å². The topological polar surface area (TPSA) is 36.4 Å². The Bertz CT molecular complexity index is 734. The van der Waals surface area contributed by atoms with Gasteiger partial charge in [-0.1, -0.05) is 41.9 Å². The maximum Gasteiger partial charge on any atom is 0.219 e. The molecule has 2 fully saturated rings. The molecule has 0 aliphatic carbocycles. The van der Waals surface area contributed by atoms with Crippen LogP contribution in [0.4, 0.5) is 5.82 Å². The monoisotopic (exact) mass is 341 g/mol. The van der Waals surface area contributed by atoms with Gasteiger partial charge in [0.15, 0.2) is 0 Å². The summed E-state index contributed by atoms with van der Waals surface area (Å²) < 4.78 is 0. The summed E-state index contributed by atoms with van der Waals surface area (Å²) in [5, 5.41) is 0.656. The van der Waals surface area contributed by atoms with E-state index in [1.807, 2.05) is 23.1 Å². The van der Waals surface area contributed by atoms with Crippen LogP contribution in [0.2, 0.25) is 5.02 Å². The molecule has 24 heavy (non-hydrogen) atoms. The van der Waals surface area contributed by atoms with Crippen LogP contribution >= 0.6 is 11.6 Å². The van der Waals surface area contributed by atoms with Gasteiger partial charge in [-0.05, 0) is 17.7 Å². The highest BCUT2D eigenvalue weighted by Gasteiger charge is 2.48. The molecule has 2 aromatic rings. The third-order valence-electron chi connectivity index (χ3n) is 5.25. The number of hydrogen-bond acceptors (Lipinski definition) is 3. The number of halogens is 1. The van der Waals surface area contributed by atoms with Crippen LogP contribution < -0.4 is 4.90 Å². The molecule has 0 unspecified atom stereocenters. The third-order valence-corrected chi connectivity index (χ3v) is 5.47. The number of hydrogen-bond donors (Lipinski definition) is 0. The number of carbonyl (C=O) groups is 1. The summed E-state index contributed by atoms with van der Waals surface area (Å²) in [5.74, 6) is 2.05. The smallest absolute Gasteiger partial charge is 0.219 e. The lowest BCUT2D eigenvalue weighted by molar-refractivity contribution is -0.130. The second-order valence-corrected chi connectivity index (χ2v) is 7.13. The van der Waals surface area contributed by atoms with E-state index in [4.69, 9.17) is 11.6 Å². The first-order valence-corrected chi connectivity index (χ1v) is 8.70. The highest BCUT2D eigenvalue weighted by molar-refractivity contribution is 6.30. The van der Waals surface area contributed by atoms with E-state index >= 15 is 0 Å². The van der Waals surface area contributed by atoms with Crippen LogP contribution in [0.3, 0.4) is 0 Å². The number of amides is 1. The zero-order valence-corrected chi connectivity index (χ0v) is 14.4. The first kappa shape index (κ1) is 15.5. The third kappa shape index (κ3) is 2.65. The van der Waals surface area contributed by atoms with Crippen molar-refractivity contribution in [2.75, 3.05) is 24.5 Å². The molecule has 2 aliphatic rings. The molecule has 4 rings (SSSR count). The van der Waals surface area contributed by atoms with Gasteiger partial charge in [-0.25, -0.2) is 4.98 Å². The molecule has 3 atom stereocenters. The SMILES string of the molecule is CC(=O)N1C[C@H]2CN(c3ccc(Cl)cn3)C[C@H]2[C@H]1c1ccccc1. The van der Waals surface area contributed by atoms with Gasteiger partial charge in [-0.3, -0.25) is 4.79 Å². The van der Waals surface area contributed by atoms with Crippen molar-refractivity contribution in [1.82, 2.24) is 9.88 Å². The summed E-state index contributed by atoms with van der Waals surface area (Å²) in [6.45, 7) is 4.36. The average molecular weight is 342 g/mol. The van der Waals surface area contributed by atoms with Crippen LogP contribution in [0.1, 0.15) is 18.5 Å². The van der Waals surface area contributed by atoms with Crippen molar-refractivity contribution in [3.63, 3.8) is 0 Å². The predicted octanol–water partition coefficient (Wildman–Crippen LogP) is 3.39.